The molecule has 0 aliphatic heterocycles. The maximum Gasteiger partial charge on any atom is 0.315 e. The summed E-state index contributed by atoms with van der Waals surface area (Å²) in [7, 11) is 0. The number of halogens is 1. The van der Waals surface area contributed by atoms with Crippen molar-refractivity contribution in [1.82, 2.24) is 10.6 Å². The van der Waals surface area contributed by atoms with Gasteiger partial charge >= 0.3 is 6.03 Å². The summed E-state index contributed by atoms with van der Waals surface area (Å²) in [6.45, 7) is 4.04. The van der Waals surface area contributed by atoms with Crippen molar-refractivity contribution in [3.05, 3.63) is 35.6 Å². The van der Waals surface area contributed by atoms with E-state index in [4.69, 9.17) is 5.11 Å². The predicted octanol–water partition coefficient (Wildman–Crippen LogP) is 1.74. The minimum absolute atomic E-state index is 0.0353. The average Bonchev–Trinajstić information content (AvgIpc) is 2.28. The second kappa shape index (κ2) is 6.35. The SMILES string of the molecule is CC(C)(NC(=O)NCCCO)c1cccc(F)c1. The summed E-state index contributed by atoms with van der Waals surface area (Å²) >= 11 is 0. The van der Waals surface area contributed by atoms with E-state index < -0.39 is 5.54 Å². The molecule has 0 radical (unpaired) electrons. The summed E-state index contributed by atoms with van der Waals surface area (Å²) in [5.41, 5.74) is 0.0330. The lowest BCUT2D eigenvalue weighted by Crippen LogP contribution is -2.46. The van der Waals surface area contributed by atoms with Crippen LogP contribution in [0.4, 0.5) is 9.18 Å². The molecule has 0 atom stereocenters. The number of nitrogens with one attached hydrogen (secondary N) is 2. The fourth-order valence-corrected chi connectivity index (χ4v) is 1.56. The normalized spacial score (nSPS) is 11.1. The second-order valence-corrected chi connectivity index (χ2v) is 4.59. The molecule has 0 saturated carbocycles. The molecule has 0 heterocycles. The van der Waals surface area contributed by atoms with Gasteiger partial charge in [-0.15, -0.1) is 0 Å². The number of benzene rings is 1. The lowest BCUT2D eigenvalue weighted by Gasteiger charge is -2.27. The average molecular weight is 254 g/mol. The smallest absolute Gasteiger partial charge is 0.315 e. The Hall–Kier alpha value is -1.62. The van der Waals surface area contributed by atoms with Crippen LogP contribution in [0, 0.1) is 5.82 Å². The Morgan fingerprint density at radius 1 is 1.44 bits per heavy atom. The Morgan fingerprint density at radius 2 is 2.17 bits per heavy atom. The number of rotatable bonds is 5. The van der Waals surface area contributed by atoms with E-state index in [9.17, 15) is 9.18 Å². The number of aliphatic hydroxyl groups excluding tert-OH is 1. The highest BCUT2D eigenvalue weighted by atomic mass is 19.1. The van der Waals surface area contributed by atoms with Gasteiger partial charge in [0, 0.05) is 13.2 Å². The van der Waals surface area contributed by atoms with E-state index in [1.807, 2.05) is 0 Å². The van der Waals surface area contributed by atoms with Gasteiger partial charge in [-0.1, -0.05) is 12.1 Å². The van der Waals surface area contributed by atoms with Crippen LogP contribution in [-0.4, -0.2) is 24.3 Å². The summed E-state index contributed by atoms with van der Waals surface area (Å²) in [4.78, 5) is 11.6. The molecular formula is C13H19FN2O2. The van der Waals surface area contributed by atoms with E-state index in [1.165, 1.54) is 12.1 Å². The standard InChI is InChI=1S/C13H19FN2O2/c1-13(2,10-5-3-6-11(14)9-10)16-12(18)15-7-4-8-17/h3,5-6,9,17H,4,7-8H2,1-2H3,(H2,15,16,18). The van der Waals surface area contributed by atoms with Crippen LogP contribution in [0.2, 0.25) is 0 Å². The van der Waals surface area contributed by atoms with Crippen LogP contribution in [0.5, 0.6) is 0 Å². The molecule has 0 aliphatic rings. The van der Waals surface area contributed by atoms with Crippen molar-refractivity contribution in [2.45, 2.75) is 25.8 Å². The van der Waals surface area contributed by atoms with Crippen LogP contribution in [0.3, 0.4) is 0 Å². The Bertz CT molecular complexity index is 408. The van der Waals surface area contributed by atoms with Crippen molar-refractivity contribution in [1.29, 1.82) is 0 Å². The predicted molar refractivity (Wildman–Crippen MR) is 67.7 cm³/mol. The van der Waals surface area contributed by atoms with Crippen LogP contribution in [0.15, 0.2) is 24.3 Å². The van der Waals surface area contributed by atoms with Gasteiger partial charge in [0.25, 0.3) is 0 Å². The summed E-state index contributed by atoms with van der Waals surface area (Å²) < 4.78 is 13.1. The zero-order valence-electron chi connectivity index (χ0n) is 10.7. The van der Waals surface area contributed by atoms with Crippen molar-refractivity contribution >= 4 is 6.03 Å². The molecule has 18 heavy (non-hydrogen) atoms. The molecular weight excluding hydrogens is 235 g/mol. The molecule has 4 nitrogen and oxygen atoms in total. The molecule has 1 rings (SSSR count). The van der Waals surface area contributed by atoms with Crippen molar-refractivity contribution < 1.29 is 14.3 Å². The van der Waals surface area contributed by atoms with E-state index in [1.54, 1.807) is 26.0 Å². The molecule has 0 fully saturated rings. The van der Waals surface area contributed by atoms with Gasteiger partial charge in [0.1, 0.15) is 5.82 Å². The molecule has 0 spiro atoms. The molecule has 2 amide bonds. The van der Waals surface area contributed by atoms with Crippen LogP contribution in [-0.2, 0) is 5.54 Å². The lowest BCUT2D eigenvalue weighted by atomic mass is 9.94. The third-order valence-electron chi connectivity index (χ3n) is 2.59. The molecule has 0 saturated heterocycles. The molecule has 0 bridgehead atoms. The van der Waals surface area contributed by atoms with Gasteiger partial charge in [-0.25, -0.2) is 9.18 Å². The first-order valence-corrected chi connectivity index (χ1v) is 5.88. The summed E-state index contributed by atoms with van der Waals surface area (Å²) in [5, 5.41) is 14.0. The second-order valence-electron chi connectivity index (χ2n) is 4.59. The fraction of sp³-hybridized carbons (Fsp3) is 0.462. The van der Waals surface area contributed by atoms with Gasteiger partial charge in [0.2, 0.25) is 0 Å². The Labute approximate surface area is 106 Å². The number of aliphatic hydroxyl groups is 1. The Kier molecular flexibility index (Phi) is 5.09. The molecule has 5 heteroatoms. The minimum Gasteiger partial charge on any atom is -0.396 e. The zero-order chi connectivity index (χ0) is 13.6. The first-order chi connectivity index (χ1) is 8.45. The quantitative estimate of drug-likeness (QED) is 0.701. The largest absolute Gasteiger partial charge is 0.396 e. The molecule has 0 aromatic heterocycles. The molecule has 1 aromatic carbocycles. The van der Waals surface area contributed by atoms with Gasteiger partial charge < -0.3 is 15.7 Å². The molecule has 0 unspecified atom stereocenters. The van der Waals surface area contributed by atoms with Crippen molar-refractivity contribution in [2.24, 2.45) is 0 Å². The van der Waals surface area contributed by atoms with E-state index in [-0.39, 0.29) is 18.5 Å². The Balaban J connectivity index is 2.61. The number of carbonyl (C=O) groups is 1. The first-order valence-electron chi connectivity index (χ1n) is 5.88. The summed E-state index contributed by atoms with van der Waals surface area (Å²) in [5.74, 6) is -0.330. The maximum atomic E-state index is 13.1. The van der Waals surface area contributed by atoms with Crippen molar-refractivity contribution in [3.63, 3.8) is 0 Å². The zero-order valence-corrected chi connectivity index (χ0v) is 10.7. The monoisotopic (exact) mass is 254 g/mol. The van der Waals surface area contributed by atoms with Gasteiger partial charge in [0.15, 0.2) is 0 Å². The highest BCUT2D eigenvalue weighted by Crippen LogP contribution is 2.20. The first kappa shape index (κ1) is 14.4. The maximum absolute atomic E-state index is 13.1. The van der Waals surface area contributed by atoms with Gasteiger partial charge in [-0.2, -0.15) is 0 Å². The fourth-order valence-electron chi connectivity index (χ4n) is 1.56. The van der Waals surface area contributed by atoms with Crippen LogP contribution in [0.1, 0.15) is 25.8 Å². The van der Waals surface area contributed by atoms with Crippen LogP contribution >= 0.6 is 0 Å². The molecule has 3 N–H and O–H groups in total. The summed E-state index contributed by atoms with van der Waals surface area (Å²) in [6.07, 6.45) is 0.508. The van der Waals surface area contributed by atoms with E-state index in [0.717, 1.165) is 0 Å². The number of hydrogen-bond acceptors (Lipinski definition) is 2. The molecule has 100 valence electrons. The lowest BCUT2D eigenvalue weighted by molar-refractivity contribution is 0.227. The van der Waals surface area contributed by atoms with Gasteiger partial charge in [-0.3, -0.25) is 0 Å². The van der Waals surface area contributed by atoms with E-state index in [0.29, 0.717) is 18.5 Å². The highest BCUT2D eigenvalue weighted by Gasteiger charge is 2.22. The van der Waals surface area contributed by atoms with E-state index in [2.05, 4.69) is 10.6 Å². The number of hydrogen-bond donors (Lipinski definition) is 3. The topological polar surface area (TPSA) is 61.4 Å². The summed E-state index contributed by atoms with van der Waals surface area (Å²) in [6, 6.07) is 5.79. The third-order valence-corrected chi connectivity index (χ3v) is 2.59. The molecule has 1 aromatic rings. The van der Waals surface area contributed by atoms with Crippen LogP contribution in [0.25, 0.3) is 0 Å². The van der Waals surface area contributed by atoms with Crippen LogP contribution < -0.4 is 10.6 Å². The Morgan fingerprint density at radius 3 is 2.78 bits per heavy atom. The van der Waals surface area contributed by atoms with Crippen molar-refractivity contribution in [3.8, 4) is 0 Å². The third kappa shape index (κ3) is 4.33. The van der Waals surface area contributed by atoms with Gasteiger partial charge in [-0.05, 0) is 38.0 Å². The van der Waals surface area contributed by atoms with Crippen molar-refractivity contribution in [2.75, 3.05) is 13.2 Å². The minimum atomic E-state index is -0.661. The molecule has 0 aliphatic carbocycles. The highest BCUT2D eigenvalue weighted by molar-refractivity contribution is 5.74. The number of carbonyl (C=O) groups excluding carboxylic acids is 1. The van der Waals surface area contributed by atoms with E-state index >= 15 is 0 Å². The number of amides is 2. The number of urea groups is 1. The van der Waals surface area contributed by atoms with Gasteiger partial charge in [0.05, 0.1) is 5.54 Å².